The van der Waals surface area contributed by atoms with Gasteiger partial charge >= 0.3 is 5.97 Å². The van der Waals surface area contributed by atoms with E-state index in [-0.39, 0.29) is 30.1 Å². The third kappa shape index (κ3) is 4.31. The standard InChI is InChI=1S/C24H24F2N2O3/c1-15(29)27(10-9-16-3-2-4-17(25)11-16)19-6-8-23-21(13-19)20-12-18(26)5-7-22(20)28(23)14-24(30)31/h2-5,7,11-12,19H,6,8-10,13-14H2,1H3,(H,30,31). The number of amides is 1. The fourth-order valence-electron chi connectivity index (χ4n) is 4.72. The Labute approximate surface area is 178 Å². The molecule has 4 rings (SSSR count). The molecule has 0 bridgehead atoms. The normalized spacial score (nSPS) is 15.6. The van der Waals surface area contributed by atoms with Gasteiger partial charge in [-0.3, -0.25) is 9.59 Å². The topological polar surface area (TPSA) is 62.5 Å². The van der Waals surface area contributed by atoms with E-state index in [2.05, 4.69) is 0 Å². The SMILES string of the molecule is CC(=O)N(CCc1cccc(F)c1)C1CCc2c(c3cc(F)ccc3n2CC(=O)O)C1. The van der Waals surface area contributed by atoms with E-state index in [4.69, 9.17) is 0 Å². The molecule has 7 heteroatoms. The highest BCUT2D eigenvalue weighted by Crippen LogP contribution is 2.34. The van der Waals surface area contributed by atoms with E-state index in [9.17, 15) is 23.5 Å². The summed E-state index contributed by atoms with van der Waals surface area (Å²) in [6, 6.07) is 10.7. The van der Waals surface area contributed by atoms with Crippen LogP contribution in [0.5, 0.6) is 0 Å². The van der Waals surface area contributed by atoms with Gasteiger partial charge in [0.25, 0.3) is 0 Å². The molecule has 1 amide bonds. The van der Waals surface area contributed by atoms with Crippen LogP contribution in [0.25, 0.3) is 10.9 Å². The predicted octanol–water partition coefficient (Wildman–Crippen LogP) is 3.95. The molecule has 3 aromatic rings. The first-order valence-corrected chi connectivity index (χ1v) is 10.4. The summed E-state index contributed by atoms with van der Waals surface area (Å²) >= 11 is 0. The molecule has 0 spiro atoms. The Morgan fingerprint density at radius 1 is 1.16 bits per heavy atom. The molecule has 1 aliphatic rings. The van der Waals surface area contributed by atoms with Crippen molar-refractivity contribution in [3.63, 3.8) is 0 Å². The minimum absolute atomic E-state index is 0.0645. The van der Waals surface area contributed by atoms with E-state index in [0.717, 1.165) is 16.8 Å². The number of nitrogens with zero attached hydrogens (tertiary/aromatic N) is 2. The number of rotatable bonds is 6. The van der Waals surface area contributed by atoms with Gasteiger partial charge in [0, 0.05) is 36.1 Å². The summed E-state index contributed by atoms with van der Waals surface area (Å²) in [5.41, 5.74) is 3.32. The summed E-state index contributed by atoms with van der Waals surface area (Å²) in [4.78, 5) is 25.6. The van der Waals surface area contributed by atoms with Crippen LogP contribution in [0.3, 0.4) is 0 Å². The van der Waals surface area contributed by atoms with Gasteiger partial charge in [-0.2, -0.15) is 0 Å². The average Bonchev–Trinajstić information content (AvgIpc) is 3.00. The van der Waals surface area contributed by atoms with Gasteiger partial charge in [0.2, 0.25) is 5.91 Å². The number of carbonyl (C=O) groups excluding carboxylic acids is 1. The quantitative estimate of drug-likeness (QED) is 0.649. The zero-order chi connectivity index (χ0) is 22.1. The highest BCUT2D eigenvalue weighted by molar-refractivity contribution is 5.87. The molecule has 0 aliphatic heterocycles. The lowest BCUT2D eigenvalue weighted by molar-refractivity contribution is -0.137. The largest absolute Gasteiger partial charge is 0.480 e. The zero-order valence-corrected chi connectivity index (χ0v) is 17.3. The summed E-state index contributed by atoms with van der Waals surface area (Å²) in [6.07, 6.45) is 2.36. The van der Waals surface area contributed by atoms with Crippen LogP contribution in [0.4, 0.5) is 8.78 Å². The Balaban J connectivity index is 1.63. The molecule has 5 nitrogen and oxygen atoms in total. The molecule has 2 aromatic carbocycles. The number of carbonyl (C=O) groups is 2. The van der Waals surface area contributed by atoms with Crippen LogP contribution in [0.15, 0.2) is 42.5 Å². The van der Waals surface area contributed by atoms with E-state index in [1.54, 1.807) is 21.6 Å². The van der Waals surface area contributed by atoms with Gasteiger partial charge < -0.3 is 14.6 Å². The number of hydrogen-bond donors (Lipinski definition) is 1. The van der Waals surface area contributed by atoms with Gasteiger partial charge in [0.05, 0.1) is 0 Å². The molecule has 162 valence electrons. The van der Waals surface area contributed by atoms with Gasteiger partial charge in [0.15, 0.2) is 0 Å². The molecule has 1 atom stereocenters. The molecule has 31 heavy (non-hydrogen) atoms. The summed E-state index contributed by atoms with van der Waals surface area (Å²) < 4.78 is 29.2. The number of carboxylic acid groups (broad SMARTS) is 1. The molecule has 1 N–H and O–H groups in total. The molecular weight excluding hydrogens is 402 g/mol. The second-order valence-electron chi connectivity index (χ2n) is 8.06. The number of aromatic nitrogens is 1. The van der Waals surface area contributed by atoms with Crippen LogP contribution < -0.4 is 0 Å². The van der Waals surface area contributed by atoms with Crippen molar-refractivity contribution in [1.29, 1.82) is 0 Å². The van der Waals surface area contributed by atoms with E-state index in [0.29, 0.717) is 43.1 Å². The number of fused-ring (bicyclic) bond motifs is 3. The van der Waals surface area contributed by atoms with E-state index in [1.165, 1.54) is 31.2 Å². The maximum atomic E-state index is 14.0. The fraction of sp³-hybridized carbons (Fsp3) is 0.333. The van der Waals surface area contributed by atoms with E-state index < -0.39 is 5.97 Å². The van der Waals surface area contributed by atoms with Crippen molar-refractivity contribution < 1.29 is 23.5 Å². The van der Waals surface area contributed by atoms with E-state index in [1.807, 2.05) is 6.07 Å². The Kier molecular flexibility index (Phi) is 5.76. The van der Waals surface area contributed by atoms with Gasteiger partial charge in [-0.1, -0.05) is 12.1 Å². The molecule has 0 saturated heterocycles. The van der Waals surface area contributed by atoms with E-state index >= 15 is 0 Å². The van der Waals surface area contributed by atoms with Crippen LogP contribution in [0.2, 0.25) is 0 Å². The third-order valence-corrected chi connectivity index (χ3v) is 6.07. The maximum Gasteiger partial charge on any atom is 0.323 e. The van der Waals surface area contributed by atoms with Crippen molar-refractivity contribution >= 4 is 22.8 Å². The van der Waals surface area contributed by atoms with Crippen LogP contribution >= 0.6 is 0 Å². The maximum absolute atomic E-state index is 14.0. The molecular formula is C24H24F2N2O3. The molecule has 0 saturated carbocycles. The van der Waals surface area contributed by atoms with Gasteiger partial charge in [-0.25, -0.2) is 8.78 Å². The first kappa shape index (κ1) is 21.0. The lowest BCUT2D eigenvalue weighted by Gasteiger charge is -2.34. The number of carboxylic acids is 1. The average molecular weight is 426 g/mol. The van der Waals surface area contributed by atoms with Crippen LogP contribution in [0, 0.1) is 11.6 Å². The van der Waals surface area contributed by atoms with Crippen LogP contribution in [-0.2, 0) is 35.4 Å². The minimum Gasteiger partial charge on any atom is -0.480 e. The Bertz CT molecular complexity index is 1160. The molecule has 0 radical (unpaired) electrons. The minimum atomic E-state index is -0.952. The Hall–Kier alpha value is -3.22. The lowest BCUT2D eigenvalue weighted by atomic mass is 9.90. The number of hydrogen-bond acceptors (Lipinski definition) is 2. The van der Waals surface area contributed by atoms with Gasteiger partial charge in [-0.05, 0) is 67.1 Å². The highest BCUT2D eigenvalue weighted by atomic mass is 19.1. The Morgan fingerprint density at radius 3 is 2.65 bits per heavy atom. The van der Waals surface area contributed by atoms with Crippen molar-refractivity contribution in [1.82, 2.24) is 9.47 Å². The summed E-state index contributed by atoms with van der Waals surface area (Å²) in [7, 11) is 0. The van der Waals surface area contributed by atoms with Crippen molar-refractivity contribution in [2.75, 3.05) is 6.54 Å². The summed E-state index contributed by atoms with van der Waals surface area (Å²) in [5.74, 6) is -1.70. The zero-order valence-electron chi connectivity index (χ0n) is 17.3. The summed E-state index contributed by atoms with van der Waals surface area (Å²) in [6.45, 7) is 1.80. The Morgan fingerprint density at radius 2 is 1.94 bits per heavy atom. The lowest BCUT2D eigenvalue weighted by Crippen LogP contribution is -2.43. The van der Waals surface area contributed by atoms with Crippen molar-refractivity contribution in [3.05, 3.63) is 70.9 Å². The predicted molar refractivity (Wildman–Crippen MR) is 113 cm³/mol. The first-order chi connectivity index (χ1) is 14.8. The van der Waals surface area contributed by atoms with Crippen LogP contribution in [0.1, 0.15) is 30.2 Å². The molecule has 1 aromatic heterocycles. The second kappa shape index (κ2) is 8.49. The van der Waals surface area contributed by atoms with Crippen molar-refractivity contribution in [2.45, 2.75) is 45.2 Å². The number of benzene rings is 2. The monoisotopic (exact) mass is 426 g/mol. The van der Waals surface area contributed by atoms with Gasteiger partial charge in [-0.15, -0.1) is 0 Å². The first-order valence-electron chi connectivity index (χ1n) is 10.4. The van der Waals surface area contributed by atoms with Gasteiger partial charge in [0.1, 0.15) is 18.2 Å². The molecule has 1 unspecified atom stereocenters. The third-order valence-electron chi connectivity index (χ3n) is 6.07. The molecule has 1 heterocycles. The van der Waals surface area contributed by atoms with Crippen LogP contribution in [-0.4, -0.2) is 39.0 Å². The number of halogens is 2. The second-order valence-corrected chi connectivity index (χ2v) is 8.06. The van der Waals surface area contributed by atoms with Crippen molar-refractivity contribution in [3.8, 4) is 0 Å². The summed E-state index contributed by atoms with van der Waals surface area (Å²) in [5, 5.41) is 10.0. The number of aliphatic carboxylic acids is 1. The smallest absolute Gasteiger partial charge is 0.323 e. The fourth-order valence-corrected chi connectivity index (χ4v) is 4.72. The molecule has 0 fully saturated rings. The molecule has 1 aliphatic carbocycles. The van der Waals surface area contributed by atoms with Crippen molar-refractivity contribution in [2.24, 2.45) is 0 Å². The highest BCUT2D eigenvalue weighted by Gasteiger charge is 2.30.